The van der Waals surface area contributed by atoms with Gasteiger partial charge in [0.15, 0.2) is 9.47 Å². The van der Waals surface area contributed by atoms with Crippen LogP contribution in [0.1, 0.15) is 5.01 Å². The molecule has 6 nitrogen and oxygen atoms in total. The van der Waals surface area contributed by atoms with Crippen molar-refractivity contribution in [1.82, 2.24) is 15.2 Å². The molecule has 0 aliphatic rings. The van der Waals surface area contributed by atoms with Crippen LogP contribution in [0.3, 0.4) is 0 Å². The molecule has 2 aromatic heterocycles. The molecule has 3 aromatic rings. The first-order chi connectivity index (χ1) is 11.6. The molecule has 1 amide bonds. The van der Waals surface area contributed by atoms with Gasteiger partial charge in [-0.1, -0.05) is 23.1 Å². The quantitative estimate of drug-likeness (QED) is 0.659. The highest BCUT2D eigenvalue weighted by molar-refractivity contribution is 8.01. The van der Waals surface area contributed by atoms with E-state index in [1.807, 2.05) is 36.6 Å². The summed E-state index contributed by atoms with van der Waals surface area (Å²) in [6, 6.07) is 7.64. The van der Waals surface area contributed by atoms with Crippen LogP contribution in [0.4, 0.5) is 5.13 Å². The second-order valence-electron chi connectivity index (χ2n) is 4.69. The Kier molecular flexibility index (Phi) is 5.44. The SMILES string of the molecule is COc1ccc(-c2csc(NC(=O)CSc3nnc(C)s3)n2)cc1. The van der Waals surface area contributed by atoms with Crippen LogP contribution < -0.4 is 10.1 Å². The number of aryl methyl sites for hydroxylation is 1. The fourth-order valence-electron chi connectivity index (χ4n) is 1.84. The molecule has 0 aliphatic heterocycles. The van der Waals surface area contributed by atoms with Crippen molar-refractivity contribution < 1.29 is 9.53 Å². The number of hydrogen-bond acceptors (Lipinski definition) is 8. The minimum atomic E-state index is -0.108. The van der Waals surface area contributed by atoms with E-state index in [-0.39, 0.29) is 11.7 Å². The van der Waals surface area contributed by atoms with Crippen molar-refractivity contribution in [2.45, 2.75) is 11.3 Å². The van der Waals surface area contributed by atoms with Gasteiger partial charge in [-0.05, 0) is 31.2 Å². The minimum Gasteiger partial charge on any atom is -0.497 e. The molecule has 0 aliphatic carbocycles. The number of carbonyl (C=O) groups excluding carboxylic acids is 1. The number of aromatic nitrogens is 3. The molecule has 0 atom stereocenters. The van der Waals surface area contributed by atoms with Gasteiger partial charge >= 0.3 is 0 Å². The van der Waals surface area contributed by atoms with E-state index in [2.05, 4.69) is 20.5 Å². The van der Waals surface area contributed by atoms with Crippen LogP contribution in [0.25, 0.3) is 11.3 Å². The first kappa shape index (κ1) is 16.9. The zero-order chi connectivity index (χ0) is 16.9. The molecule has 0 saturated heterocycles. The average molecular weight is 379 g/mol. The summed E-state index contributed by atoms with van der Waals surface area (Å²) in [5.41, 5.74) is 1.80. The smallest absolute Gasteiger partial charge is 0.236 e. The number of methoxy groups -OCH3 is 1. The third-order valence-corrected chi connectivity index (χ3v) is 5.70. The molecule has 2 heterocycles. The summed E-state index contributed by atoms with van der Waals surface area (Å²) in [5.74, 6) is 0.974. The average Bonchev–Trinajstić information content (AvgIpc) is 3.22. The summed E-state index contributed by atoms with van der Waals surface area (Å²) in [5, 5.41) is 14.1. The Morgan fingerprint density at radius 3 is 2.75 bits per heavy atom. The Bertz CT molecular complexity index is 829. The summed E-state index contributed by atoms with van der Waals surface area (Å²) in [6.07, 6.45) is 0. The van der Waals surface area contributed by atoms with Crippen LogP contribution in [0.15, 0.2) is 34.0 Å². The molecule has 0 fully saturated rings. The van der Waals surface area contributed by atoms with Crippen molar-refractivity contribution in [3.63, 3.8) is 0 Å². The number of thioether (sulfide) groups is 1. The number of carbonyl (C=O) groups is 1. The van der Waals surface area contributed by atoms with Gasteiger partial charge in [0.25, 0.3) is 0 Å². The van der Waals surface area contributed by atoms with Gasteiger partial charge in [-0.15, -0.1) is 21.5 Å². The van der Waals surface area contributed by atoms with Crippen molar-refractivity contribution in [2.75, 3.05) is 18.2 Å². The van der Waals surface area contributed by atoms with Crippen molar-refractivity contribution in [3.05, 3.63) is 34.7 Å². The third-order valence-electron chi connectivity index (χ3n) is 2.97. The third kappa shape index (κ3) is 4.31. The van der Waals surface area contributed by atoms with E-state index in [1.54, 1.807) is 7.11 Å². The van der Waals surface area contributed by atoms with E-state index in [1.165, 1.54) is 34.4 Å². The topological polar surface area (TPSA) is 77.0 Å². The van der Waals surface area contributed by atoms with Crippen molar-refractivity contribution in [3.8, 4) is 17.0 Å². The maximum atomic E-state index is 12.0. The predicted molar refractivity (Wildman–Crippen MR) is 98.1 cm³/mol. The first-order valence-corrected chi connectivity index (χ1v) is 9.65. The van der Waals surface area contributed by atoms with Crippen LogP contribution in [0, 0.1) is 6.92 Å². The molecule has 3 rings (SSSR count). The number of rotatable bonds is 6. The van der Waals surface area contributed by atoms with Crippen LogP contribution in [-0.4, -0.2) is 34.0 Å². The van der Waals surface area contributed by atoms with Crippen molar-refractivity contribution >= 4 is 45.5 Å². The van der Waals surface area contributed by atoms with Gasteiger partial charge in [0, 0.05) is 10.9 Å². The molecule has 9 heteroatoms. The standard InChI is InChI=1S/C15H14N4O2S3/c1-9-18-19-15(24-9)23-8-13(20)17-14-16-12(7-22-14)10-3-5-11(21-2)6-4-10/h3-7H,8H2,1-2H3,(H,16,17,20). The van der Waals surface area contributed by atoms with E-state index in [4.69, 9.17) is 4.74 Å². The fourth-order valence-corrected chi connectivity index (χ4v) is 4.20. The van der Waals surface area contributed by atoms with Gasteiger partial charge in [-0.3, -0.25) is 4.79 Å². The number of anilines is 1. The van der Waals surface area contributed by atoms with Crippen LogP contribution >= 0.6 is 34.4 Å². The van der Waals surface area contributed by atoms with E-state index in [0.717, 1.165) is 26.4 Å². The molecule has 1 aromatic carbocycles. The second kappa shape index (κ2) is 7.73. The number of ether oxygens (including phenoxy) is 1. The molecular formula is C15H14N4O2S3. The summed E-state index contributed by atoms with van der Waals surface area (Å²) in [7, 11) is 1.63. The highest BCUT2D eigenvalue weighted by Gasteiger charge is 2.10. The summed E-state index contributed by atoms with van der Waals surface area (Å²) in [4.78, 5) is 16.4. The molecule has 24 heavy (non-hydrogen) atoms. The molecule has 1 N–H and O–H groups in total. The lowest BCUT2D eigenvalue weighted by Crippen LogP contribution is -2.13. The lowest BCUT2D eigenvalue weighted by atomic mass is 10.2. The molecule has 0 saturated carbocycles. The summed E-state index contributed by atoms with van der Waals surface area (Å²) < 4.78 is 5.93. The molecule has 124 valence electrons. The normalized spacial score (nSPS) is 10.6. The summed E-state index contributed by atoms with van der Waals surface area (Å²) >= 11 is 4.25. The Morgan fingerprint density at radius 2 is 2.08 bits per heavy atom. The van der Waals surface area contributed by atoms with Gasteiger partial charge < -0.3 is 10.1 Å². The zero-order valence-electron chi connectivity index (χ0n) is 13.0. The molecule has 0 spiro atoms. The number of nitrogens with zero attached hydrogens (tertiary/aromatic N) is 3. The number of amides is 1. The Labute approximate surface area is 151 Å². The van der Waals surface area contributed by atoms with E-state index in [0.29, 0.717) is 5.13 Å². The Balaban J connectivity index is 1.57. The highest BCUT2D eigenvalue weighted by Crippen LogP contribution is 2.27. The van der Waals surface area contributed by atoms with E-state index in [9.17, 15) is 4.79 Å². The first-order valence-electron chi connectivity index (χ1n) is 6.97. The van der Waals surface area contributed by atoms with Gasteiger partial charge in [-0.2, -0.15) is 0 Å². The van der Waals surface area contributed by atoms with Gasteiger partial charge in [0.05, 0.1) is 18.6 Å². The summed E-state index contributed by atoms with van der Waals surface area (Å²) in [6.45, 7) is 1.89. The lowest BCUT2D eigenvalue weighted by Gasteiger charge is -2.01. The Morgan fingerprint density at radius 1 is 1.29 bits per heavy atom. The van der Waals surface area contributed by atoms with Gasteiger partial charge in [-0.25, -0.2) is 4.98 Å². The second-order valence-corrected chi connectivity index (χ2v) is 7.95. The maximum Gasteiger partial charge on any atom is 0.236 e. The highest BCUT2D eigenvalue weighted by atomic mass is 32.2. The number of thiazole rings is 1. The number of hydrogen-bond donors (Lipinski definition) is 1. The number of benzene rings is 1. The molecule has 0 unspecified atom stereocenters. The predicted octanol–water partition coefficient (Wildman–Crippen LogP) is 3.71. The van der Waals surface area contributed by atoms with Gasteiger partial charge in [0.2, 0.25) is 5.91 Å². The van der Waals surface area contributed by atoms with Gasteiger partial charge in [0.1, 0.15) is 10.8 Å². The molecular weight excluding hydrogens is 364 g/mol. The minimum absolute atomic E-state index is 0.108. The largest absolute Gasteiger partial charge is 0.497 e. The molecule has 0 bridgehead atoms. The zero-order valence-corrected chi connectivity index (χ0v) is 15.4. The van der Waals surface area contributed by atoms with Crippen LogP contribution in [-0.2, 0) is 4.79 Å². The van der Waals surface area contributed by atoms with Crippen LogP contribution in [0.5, 0.6) is 5.75 Å². The maximum absolute atomic E-state index is 12.0. The van der Waals surface area contributed by atoms with E-state index >= 15 is 0 Å². The molecule has 0 radical (unpaired) electrons. The van der Waals surface area contributed by atoms with Crippen molar-refractivity contribution in [2.24, 2.45) is 0 Å². The monoisotopic (exact) mass is 378 g/mol. The van der Waals surface area contributed by atoms with Crippen LogP contribution in [0.2, 0.25) is 0 Å². The van der Waals surface area contributed by atoms with Crippen molar-refractivity contribution in [1.29, 1.82) is 0 Å². The van der Waals surface area contributed by atoms with E-state index < -0.39 is 0 Å². The number of nitrogens with one attached hydrogen (secondary N) is 1. The Hall–Kier alpha value is -1.97. The fraction of sp³-hybridized carbons (Fsp3) is 0.200. The lowest BCUT2D eigenvalue weighted by molar-refractivity contribution is -0.113.